The maximum Gasteiger partial charge on any atom is 0.213 e. The fraction of sp³-hybridized carbons (Fsp3) is 0.150. The first-order chi connectivity index (χ1) is 12.7. The first-order valence-corrected chi connectivity index (χ1v) is 9.56. The van der Waals surface area contributed by atoms with E-state index in [1.807, 2.05) is 34.7 Å². The minimum Gasteiger partial charge on any atom is -0.464 e. The lowest BCUT2D eigenvalue weighted by molar-refractivity contribution is -0.0190. The number of hydrazone groups is 1. The van der Waals surface area contributed by atoms with Crippen molar-refractivity contribution in [1.29, 1.82) is 0 Å². The Morgan fingerprint density at radius 2 is 2.00 bits per heavy atom. The second-order valence-electron chi connectivity index (χ2n) is 6.33. The van der Waals surface area contributed by atoms with E-state index in [1.165, 1.54) is 12.1 Å². The topological polar surface area (TPSA) is 24.8 Å². The summed E-state index contributed by atoms with van der Waals surface area (Å²) in [5.41, 5.74) is 2.94. The van der Waals surface area contributed by atoms with Crippen LogP contribution >= 0.6 is 22.9 Å². The van der Waals surface area contributed by atoms with E-state index >= 15 is 0 Å². The Balaban J connectivity index is 1.61. The number of ether oxygens (including phenoxy) is 1. The number of thiophene rings is 1. The standard InChI is InChI=1S/C20H14ClFN2OS/c21-13-5-8-18-15(10-13)17-11-16(19-2-1-9-26-19)23-24(17)20(25-18)12-3-6-14(22)7-4-12/h1-10,17,20H,11H2/t17-,20+/m1/s1. The lowest BCUT2D eigenvalue weighted by Gasteiger charge is -2.38. The molecule has 2 aliphatic rings. The Hall–Kier alpha value is -2.37. The average Bonchev–Trinajstić information content (AvgIpc) is 3.32. The Morgan fingerprint density at radius 3 is 2.77 bits per heavy atom. The fourth-order valence-corrected chi connectivity index (χ4v) is 4.40. The van der Waals surface area contributed by atoms with Crippen LogP contribution in [0.5, 0.6) is 5.75 Å². The maximum absolute atomic E-state index is 13.4. The summed E-state index contributed by atoms with van der Waals surface area (Å²) in [6.07, 6.45) is 0.390. The number of hydrogen-bond donors (Lipinski definition) is 0. The Bertz CT molecular complexity index is 988. The van der Waals surface area contributed by atoms with Gasteiger partial charge in [-0.2, -0.15) is 5.10 Å². The first-order valence-electron chi connectivity index (χ1n) is 8.30. The predicted molar refractivity (Wildman–Crippen MR) is 101 cm³/mol. The molecule has 2 aromatic carbocycles. The number of halogens is 2. The van der Waals surface area contributed by atoms with Crippen LogP contribution in [0.25, 0.3) is 0 Å². The van der Waals surface area contributed by atoms with Crippen molar-refractivity contribution in [1.82, 2.24) is 5.01 Å². The molecule has 0 fully saturated rings. The molecular formula is C20H14ClFN2OS. The van der Waals surface area contributed by atoms with E-state index in [1.54, 1.807) is 23.5 Å². The number of fused-ring (bicyclic) bond motifs is 3. The largest absolute Gasteiger partial charge is 0.464 e. The third-order valence-electron chi connectivity index (χ3n) is 4.71. The number of rotatable bonds is 2. The second-order valence-corrected chi connectivity index (χ2v) is 7.71. The Kier molecular flexibility index (Phi) is 3.72. The molecule has 0 N–H and O–H groups in total. The zero-order chi connectivity index (χ0) is 17.7. The van der Waals surface area contributed by atoms with Crippen molar-refractivity contribution in [3.8, 4) is 5.75 Å². The van der Waals surface area contributed by atoms with Crippen molar-refractivity contribution >= 4 is 28.6 Å². The summed E-state index contributed by atoms with van der Waals surface area (Å²) >= 11 is 7.90. The SMILES string of the molecule is Fc1ccc([C@@H]2Oc3ccc(Cl)cc3[C@H]3CC(c4cccs4)=NN32)cc1. The van der Waals surface area contributed by atoms with E-state index in [9.17, 15) is 4.39 Å². The molecule has 1 aromatic heterocycles. The summed E-state index contributed by atoms with van der Waals surface area (Å²) in [5.74, 6) is 0.532. The fourth-order valence-electron chi connectivity index (χ4n) is 3.50. The molecule has 2 atom stereocenters. The maximum atomic E-state index is 13.4. The lowest BCUT2D eigenvalue weighted by atomic mass is 9.97. The minimum atomic E-state index is -0.397. The van der Waals surface area contributed by atoms with Gasteiger partial charge < -0.3 is 4.74 Å². The molecular weight excluding hydrogens is 371 g/mol. The monoisotopic (exact) mass is 384 g/mol. The summed E-state index contributed by atoms with van der Waals surface area (Å²) in [5, 5.41) is 9.56. The molecule has 0 aliphatic carbocycles. The van der Waals surface area contributed by atoms with Crippen LogP contribution < -0.4 is 4.74 Å². The van der Waals surface area contributed by atoms with E-state index in [-0.39, 0.29) is 11.9 Å². The summed E-state index contributed by atoms with van der Waals surface area (Å²) in [6.45, 7) is 0. The van der Waals surface area contributed by atoms with Gasteiger partial charge in [-0.05, 0) is 41.8 Å². The van der Waals surface area contributed by atoms with Gasteiger partial charge in [0, 0.05) is 22.6 Å². The first kappa shape index (κ1) is 15.9. The zero-order valence-corrected chi connectivity index (χ0v) is 15.2. The number of nitrogens with zero attached hydrogens (tertiary/aromatic N) is 2. The zero-order valence-electron chi connectivity index (χ0n) is 13.6. The highest BCUT2D eigenvalue weighted by Crippen LogP contribution is 2.48. The van der Waals surface area contributed by atoms with E-state index in [0.717, 1.165) is 33.9 Å². The number of benzene rings is 2. The molecule has 0 saturated heterocycles. The van der Waals surface area contributed by atoms with E-state index in [2.05, 4.69) is 6.07 Å². The summed E-state index contributed by atoms with van der Waals surface area (Å²) in [6, 6.07) is 16.2. The molecule has 0 amide bonds. The minimum absolute atomic E-state index is 0.0459. The van der Waals surface area contributed by atoms with Gasteiger partial charge >= 0.3 is 0 Å². The van der Waals surface area contributed by atoms with Gasteiger partial charge in [0.25, 0.3) is 0 Å². The molecule has 3 heterocycles. The van der Waals surface area contributed by atoms with Gasteiger partial charge in [-0.15, -0.1) is 11.3 Å². The molecule has 6 heteroatoms. The molecule has 3 nitrogen and oxygen atoms in total. The molecule has 130 valence electrons. The van der Waals surface area contributed by atoms with Crippen molar-refractivity contribution in [3.63, 3.8) is 0 Å². The Labute approximate surface area is 159 Å². The average molecular weight is 385 g/mol. The molecule has 0 unspecified atom stereocenters. The van der Waals surface area contributed by atoms with E-state index < -0.39 is 6.23 Å². The van der Waals surface area contributed by atoms with Crippen LogP contribution in [-0.4, -0.2) is 10.7 Å². The van der Waals surface area contributed by atoms with Crippen LogP contribution in [0.4, 0.5) is 4.39 Å². The second kappa shape index (κ2) is 6.11. The highest BCUT2D eigenvalue weighted by atomic mass is 35.5. The molecule has 3 aromatic rings. The van der Waals surface area contributed by atoms with Crippen LogP contribution in [0.2, 0.25) is 5.02 Å². The van der Waals surface area contributed by atoms with Gasteiger partial charge in [0.05, 0.1) is 16.6 Å². The predicted octanol–water partition coefficient (Wildman–Crippen LogP) is 5.78. The summed E-state index contributed by atoms with van der Waals surface area (Å²) in [4.78, 5) is 1.15. The van der Waals surface area contributed by atoms with Crippen molar-refractivity contribution in [2.75, 3.05) is 0 Å². The number of hydrogen-bond acceptors (Lipinski definition) is 4. The quantitative estimate of drug-likeness (QED) is 0.559. The van der Waals surface area contributed by atoms with E-state index in [4.69, 9.17) is 21.4 Å². The van der Waals surface area contributed by atoms with Crippen LogP contribution in [0.15, 0.2) is 65.1 Å². The highest BCUT2D eigenvalue weighted by molar-refractivity contribution is 7.12. The van der Waals surface area contributed by atoms with Gasteiger partial charge in [-0.1, -0.05) is 29.8 Å². The van der Waals surface area contributed by atoms with Gasteiger partial charge in [0.15, 0.2) is 0 Å². The molecule has 0 spiro atoms. The van der Waals surface area contributed by atoms with Crippen LogP contribution in [0.1, 0.15) is 34.7 Å². The smallest absolute Gasteiger partial charge is 0.213 e. The summed E-state index contributed by atoms with van der Waals surface area (Å²) < 4.78 is 19.6. The van der Waals surface area contributed by atoms with Crippen molar-refractivity contribution in [2.45, 2.75) is 18.7 Å². The van der Waals surface area contributed by atoms with Crippen LogP contribution in [0.3, 0.4) is 0 Å². The van der Waals surface area contributed by atoms with Crippen molar-refractivity contribution in [3.05, 3.63) is 86.8 Å². The molecule has 5 rings (SSSR count). The van der Waals surface area contributed by atoms with E-state index in [0.29, 0.717) is 5.02 Å². The van der Waals surface area contributed by atoms with Gasteiger partial charge in [0.2, 0.25) is 6.23 Å². The molecule has 0 radical (unpaired) electrons. The van der Waals surface area contributed by atoms with Gasteiger partial charge in [-0.3, -0.25) is 0 Å². The third-order valence-corrected chi connectivity index (χ3v) is 5.87. The molecule has 2 aliphatic heterocycles. The van der Waals surface area contributed by atoms with Crippen LogP contribution in [-0.2, 0) is 0 Å². The normalized spacial score (nSPS) is 21.0. The van der Waals surface area contributed by atoms with Crippen molar-refractivity contribution in [2.24, 2.45) is 5.10 Å². The Morgan fingerprint density at radius 1 is 1.15 bits per heavy atom. The van der Waals surface area contributed by atoms with Gasteiger partial charge in [-0.25, -0.2) is 9.40 Å². The van der Waals surface area contributed by atoms with Gasteiger partial charge in [0.1, 0.15) is 11.6 Å². The third kappa shape index (κ3) is 2.59. The summed E-state index contributed by atoms with van der Waals surface area (Å²) in [7, 11) is 0. The van der Waals surface area contributed by atoms with Crippen molar-refractivity contribution < 1.29 is 9.13 Å². The molecule has 26 heavy (non-hydrogen) atoms. The lowest BCUT2D eigenvalue weighted by Crippen LogP contribution is -2.33. The highest BCUT2D eigenvalue weighted by Gasteiger charge is 2.41. The van der Waals surface area contributed by atoms with Crippen LogP contribution in [0, 0.1) is 5.82 Å². The molecule has 0 bridgehead atoms. The molecule has 0 saturated carbocycles.